The number of carbonyl (C=O) groups is 2. The molecule has 1 heterocycles. The number of nitrogens with zero attached hydrogens (tertiary/aromatic N) is 1. The van der Waals surface area contributed by atoms with Crippen molar-refractivity contribution in [3.05, 3.63) is 89.1 Å². The van der Waals surface area contributed by atoms with Crippen LogP contribution < -0.4 is 4.90 Å². The number of fused-ring (bicyclic) bond motifs is 1. The van der Waals surface area contributed by atoms with Gasteiger partial charge in [-0.1, -0.05) is 61.5 Å². The van der Waals surface area contributed by atoms with E-state index in [1.165, 1.54) is 10.9 Å². The zero-order valence-electron chi connectivity index (χ0n) is 17.2. The number of benzene rings is 3. The van der Waals surface area contributed by atoms with E-state index < -0.39 is 0 Å². The summed E-state index contributed by atoms with van der Waals surface area (Å²) in [7, 11) is 0. The maximum absolute atomic E-state index is 13.3. The molecule has 150 valence electrons. The molecule has 0 aromatic heterocycles. The lowest BCUT2D eigenvalue weighted by atomic mass is 9.77. The van der Waals surface area contributed by atoms with E-state index in [-0.39, 0.29) is 17.6 Å². The predicted octanol–water partition coefficient (Wildman–Crippen LogP) is 5.93. The second kappa shape index (κ2) is 7.56. The Labute approximate surface area is 177 Å². The van der Waals surface area contributed by atoms with Crippen LogP contribution >= 0.6 is 0 Å². The van der Waals surface area contributed by atoms with Gasteiger partial charge in [-0.25, -0.2) is 0 Å². The summed E-state index contributed by atoms with van der Waals surface area (Å²) in [6.07, 6.45) is 3.44. The van der Waals surface area contributed by atoms with Crippen LogP contribution in [0.2, 0.25) is 0 Å². The lowest BCUT2D eigenvalue weighted by Gasteiger charge is -2.38. The molecule has 1 aliphatic carbocycles. The SMILES string of the molecule is CCc1ccc(N2C(=O)CC(c3ccc4ccccc4c3)C3=C2CCCC3=O)cc1. The van der Waals surface area contributed by atoms with Gasteiger partial charge in [0.15, 0.2) is 5.78 Å². The van der Waals surface area contributed by atoms with Crippen LogP contribution in [0.1, 0.15) is 49.7 Å². The molecule has 0 saturated carbocycles. The van der Waals surface area contributed by atoms with Gasteiger partial charge in [-0.3, -0.25) is 14.5 Å². The van der Waals surface area contributed by atoms with E-state index in [4.69, 9.17) is 0 Å². The summed E-state index contributed by atoms with van der Waals surface area (Å²) >= 11 is 0. The van der Waals surface area contributed by atoms with E-state index in [1.807, 2.05) is 29.2 Å². The van der Waals surface area contributed by atoms with Crippen LogP contribution in [-0.2, 0) is 16.0 Å². The molecule has 2 aliphatic rings. The first kappa shape index (κ1) is 18.8. The van der Waals surface area contributed by atoms with Crippen LogP contribution in [0.15, 0.2) is 78.0 Å². The van der Waals surface area contributed by atoms with Crippen molar-refractivity contribution in [2.24, 2.45) is 0 Å². The smallest absolute Gasteiger partial charge is 0.232 e. The summed E-state index contributed by atoms with van der Waals surface area (Å²) in [5.74, 6) is 0.110. The van der Waals surface area contributed by atoms with Gasteiger partial charge in [0, 0.05) is 35.7 Å². The summed E-state index contributed by atoms with van der Waals surface area (Å²) in [5, 5.41) is 2.32. The molecule has 0 N–H and O–H groups in total. The van der Waals surface area contributed by atoms with Crippen LogP contribution in [0.25, 0.3) is 10.8 Å². The minimum atomic E-state index is -0.156. The van der Waals surface area contributed by atoms with Gasteiger partial charge >= 0.3 is 0 Å². The molecule has 30 heavy (non-hydrogen) atoms. The molecule has 0 saturated heterocycles. The molecule has 0 bridgehead atoms. The van der Waals surface area contributed by atoms with E-state index >= 15 is 0 Å². The Kier molecular flexibility index (Phi) is 4.74. The van der Waals surface area contributed by atoms with Crippen LogP contribution in [0.5, 0.6) is 0 Å². The first-order chi connectivity index (χ1) is 14.7. The minimum absolute atomic E-state index is 0.0749. The average Bonchev–Trinajstić information content (AvgIpc) is 2.78. The zero-order chi connectivity index (χ0) is 20.7. The molecule has 1 aliphatic heterocycles. The van der Waals surface area contributed by atoms with Crippen LogP contribution in [0.3, 0.4) is 0 Å². The van der Waals surface area contributed by atoms with Gasteiger partial charge in [0.25, 0.3) is 0 Å². The Balaban J connectivity index is 1.62. The highest BCUT2D eigenvalue weighted by Crippen LogP contribution is 2.43. The van der Waals surface area contributed by atoms with Crippen LogP contribution in [-0.4, -0.2) is 11.7 Å². The Morgan fingerprint density at radius 1 is 0.900 bits per heavy atom. The topological polar surface area (TPSA) is 37.4 Å². The fraction of sp³-hybridized carbons (Fsp3) is 0.259. The molecule has 0 fully saturated rings. The molecule has 3 heteroatoms. The van der Waals surface area contributed by atoms with Gasteiger partial charge in [-0.15, -0.1) is 0 Å². The number of Topliss-reactive ketones (excluding diaryl/α,β-unsaturated/α-hetero) is 1. The van der Waals surface area contributed by atoms with Crippen molar-refractivity contribution in [1.82, 2.24) is 0 Å². The second-order valence-electron chi connectivity index (χ2n) is 8.25. The molecule has 5 rings (SSSR count). The number of aryl methyl sites for hydroxylation is 1. The summed E-state index contributed by atoms with van der Waals surface area (Å²) in [4.78, 5) is 28.2. The number of amides is 1. The number of ketones is 1. The molecule has 1 atom stereocenters. The Hall–Kier alpha value is -3.20. The van der Waals surface area contributed by atoms with Gasteiger partial charge in [-0.05, 0) is 53.3 Å². The highest BCUT2D eigenvalue weighted by molar-refractivity contribution is 6.07. The minimum Gasteiger partial charge on any atom is -0.294 e. The largest absolute Gasteiger partial charge is 0.294 e. The third-order valence-corrected chi connectivity index (χ3v) is 6.45. The third-order valence-electron chi connectivity index (χ3n) is 6.45. The number of anilines is 1. The summed E-state index contributed by atoms with van der Waals surface area (Å²) in [6.45, 7) is 2.12. The van der Waals surface area contributed by atoms with Crippen molar-refractivity contribution in [2.45, 2.75) is 44.9 Å². The van der Waals surface area contributed by atoms with Gasteiger partial charge in [0.1, 0.15) is 0 Å². The molecule has 1 unspecified atom stereocenters. The van der Waals surface area contributed by atoms with Gasteiger partial charge in [0.05, 0.1) is 0 Å². The maximum Gasteiger partial charge on any atom is 0.232 e. The van der Waals surface area contributed by atoms with Crippen molar-refractivity contribution in [3.63, 3.8) is 0 Å². The average molecular weight is 396 g/mol. The third kappa shape index (κ3) is 3.15. The standard InChI is InChI=1S/C27H25NO2/c1-2-18-10-14-22(15-11-18)28-24-8-5-9-25(29)27(24)23(17-26(28)30)21-13-12-19-6-3-4-7-20(19)16-21/h3-4,6-7,10-16,23H,2,5,8-9,17H2,1H3. The second-order valence-corrected chi connectivity index (χ2v) is 8.25. The Morgan fingerprint density at radius 3 is 2.43 bits per heavy atom. The predicted molar refractivity (Wildman–Crippen MR) is 120 cm³/mol. The van der Waals surface area contributed by atoms with E-state index in [1.54, 1.807) is 0 Å². The summed E-state index contributed by atoms with van der Waals surface area (Å²) in [5.41, 5.74) is 4.92. The van der Waals surface area contributed by atoms with E-state index in [2.05, 4.69) is 49.4 Å². The van der Waals surface area contributed by atoms with Crippen LogP contribution in [0.4, 0.5) is 5.69 Å². The summed E-state index contributed by atoms with van der Waals surface area (Å²) in [6, 6.07) is 22.7. The normalized spacial score (nSPS) is 19.4. The number of carbonyl (C=O) groups excluding carboxylic acids is 2. The molecule has 3 aromatic carbocycles. The number of hydrogen-bond donors (Lipinski definition) is 0. The van der Waals surface area contributed by atoms with Gasteiger partial charge in [0.2, 0.25) is 5.91 Å². The lowest BCUT2D eigenvalue weighted by molar-refractivity contribution is -0.119. The zero-order valence-corrected chi connectivity index (χ0v) is 17.2. The fourth-order valence-corrected chi connectivity index (χ4v) is 4.88. The van der Waals surface area contributed by atoms with Crippen molar-refractivity contribution in [1.29, 1.82) is 0 Å². The highest BCUT2D eigenvalue weighted by Gasteiger charge is 2.39. The van der Waals surface area contributed by atoms with E-state index in [9.17, 15) is 9.59 Å². The van der Waals surface area contributed by atoms with E-state index in [0.29, 0.717) is 12.8 Å². The summed E-state index contributed by atoms with van der Waals surface area (Å²) < 4.78 is 0. The highest BCUT2D eigenvalue weighted by atomic mass is 16.2. The first-order valence-electron chi connectivity index (χ1n) is 10.8. The fourth-order valence-electron chi connectivity index (χ4n) is 4.88. The molecule has 0 spiro atoms. The van der Waals surface area contributed by atoms with Crippen molar-refractivity contribution < 1.29 is 9.59 Å². The Bertz CT molecular complexity index is 1170. The van der Waals surface area contributed by atoms with E-state index in [0.717, 1.165) is 47.2 Å². The molecule has 0 radical (unpaired) electrons. The number of allylic oxidation sites excluding steroid dienone is 2. The molecular weight excluding hydrogens is 370 g/mol. The quantitative estimate of drug-likeness (QED) is 0.551. The molecule has 3 nitrogen and oxygen atoms in total. The lowest BCUT2D eigenvalue weighted by Crippen LogP contribution is -2.40. The van der Waals surface area contributed by atoms with Gasteiger partial charge < -0.3 is 0 Å². The van der Waals surface area contributed by atoms with Crippen LogP contribution in [0, 0.1) is 0 Å². The monoisotopic (exact) mass is 395 g/mol. The van der Waals surface area contributed by atoms with Crippen molar-refractivity contribution in [3.8, 4) is 0 Å². The maximum atomic E-state index is 13.3. The molecule has 3 aromatic rings. The Morgan fingerprint density at radius 2 is 1.67 bits per heavy atom. The van der Waals surface area contributed by atoms with Gasteiger partial charge in [-0.2, -0.15) is 0 Å². The molecule has 1 amide bonds. The van der Waals surface area contributed by atoms with Crippen molar-refractivity contribution >= 4 is 28.2 Å². The number of hydrogen-bond acceptors (Lipinski definition) is 2. The number of rotatable bonds is 3. The molecular formula is C27H25NO2. The first-order valence-corrected chi connectivity index (χ1v) is 10.8. The van der Waals surface area contributed by atoms with Crippen molar-refractivity contribution in [2.75, 3.05) is 4.90 Å².